The molecule has 0 aromatic heterocycles. The monoisotopic (exact) mass is 432 g/mol. The molecule has 4 fully saturated rings. The van der Waals surface area contributed by atoms with Gasteiger partial charge in [-0.05, 0) is 110 Å². The molecule has 4 rings (SSSR count). The third-order valence-electron chi connectivity index (χ3n) is 11.3. The number of aliphatic hydroxyl groups excluding tert-OH is 1. The van der Waals surface area contributed by atoms with Gasteiger partial charge in [0.2, 0.25) is 0 Å². The molecule has 0 unspecified atom stereocenters. The molecule has 0 heterocycles. The fourth-order valence-electron chi connectivity index (χ4n) is 9.61. The predicted octanol–water partition coefficient (Wildman–Crippen LogP) is 7.49. The van der Waals surface area contributed by atoms with Gasteiger partial charge in [0.15, 0.2) is 0 Å². The predicted molar refractivity (Wildman–Crippen MR) is 130 cm³/mol. The van der Waals surface area contributed by atoms with Crippen molar-refractivity contribution in [2.45, 2.75) is 118 Å². The van der Waals surface area contributed by atoms with Gasteiger partial charge >= 0.3 is 0 Å². The zero-order chi connectivity index (χ0) is 22.2. The van der Waals surface area contributed by atoms with Crippen molar-refractivity contribution in [3.8, 4) is 0 Å². The van der Waals surface area contributed by atoms with E-state index in [-0.39, 0.29) is 6.61 Å². The van der Waals surface area contributed by atoms with Crippen molar-refractivity contribution in [1.29, 1.82) is 0 Å². The van der Waals surface area contributed by atoms with E-state index >= 15 is 0 Å². The standard InChI is InChI=1S/C29H52O2/c1-20(2)7-6-8-21(3)25-11-12-26-24-10-9-22-19-23(31-18-17-30)13-15-28(22,4)27(24)14-16-29(25,26)5/h20-27,30H,6-19H2,1-5H3/t21-,22+,23+,24+,25-,26+,27+,28+,29-/m1/s1. The molecule has 0 radical (unpaired) electrons. The van der Waals surface area contributed by atoms with Gasteiger partial charge in [0.25, 0.3) is 0 Å². The third-order valence-corrected chi connectivity index (χ3v) is 11.3. The van der Waals surface area contributed by atoms with E-state index in [1.807, 2.05) is 0 Å². The van der Waals surface area contributed by atoms with Gasteiger partial charge in [-0.25, -0.2) is 0 Å². The summed E-state index contributed by atoms with van der Waals surface area (Å²) in [4.78, 5) is 0. The Kier molecular flexibility index (Phi) is 7.49. The lowest BCUT2D eigenvalue weighted by molar-refractivity contribution is -0.138. The van der Waals surface area contributed by atoms with Crippen LogP contribution in [0.4, 0.5) is 0 Å². The van der Waals surface area contributed by atoms with Crippen LogP contribution in [-0.4, -0.2) is 24.4 Å². The molecule has 0 bridgehead atoms. The molecule has 0 aromatic carbocycles. The fraction of sp³-hybridized carbons (Fsp3) is 1.00. The SMILES string of the molecule is CC(C)CCC[C@@H](C)[C@H]1CC[C@H]2[C@@H]3CC[C@H]4C[C@@H](OCCO)CC[C@]4(C)[C@H]3CC[C@]12C. The van der Waals surface area contributed by atoms with Gasteiger partial charge in [0, 0.05) is 0 Å². The first-order valence-corrected chi connectivity index (χ1v) is 14.0. The summed E-state index contributed by atoms with van der Waals surface area (Å²) in [7, 11) is 0. The Morgan fingerprint density at radius 3 is 2.35 bits per heavy atom. The normalized spacial score (nSPS) is 45.8. The van der Waals surface area contributed by atoms with Crippen molar-refractivity contribution < 1.29 is 9.84 Å². The molecule has 0 aliphatic heterocycles. The van der Waals surface area contributed by atoms with Crippen LogP contribution in [0.3, 0.4) is 0 Å². The molecular formula is C29H52O2. The minimum Gasteiger partial charge on any atom is -0.394 e. The first-order valence-electron chi connectivity index (χ1n) is 14.0. The molecule has 2 heteroatoms. The second-order valence-electron chi connectivity index (χ2n) is 13.2. The minimum absolute atomic E-state index is 0.167. The maximum atomic E-state index is 9.15. The highest BCUT2D eigenvalue weighted by molar-refractivity contribution is 5.09. The van der Waals surface area contributed by atoms with E-state index in [9.17, 15) is 0 Å². The lowest BCUT2D eigenvalue weighted by atomic mass is 9.44. The maximum absolute atomic E-state index is 9.15. The van der Waals surface area contributed by atoms with Crippen molar-refractivity contribution in [3.63, 3.8) is 0 Å². The molecule has 4 aliphatic rings. The van der Waals surface area contributed by atoms with E-state index in [0.29, 0.717) is 23.5 Å². The van der Waals surface area contributed by atoms with Crippen LogP contribution in [0.15, 0.2) is 0 Å². The van der Waals surface area contributed by atoms with E-state index in [4.69, 9.17) is 9.84 Å². The van der Waals surface area contributed by atoms with Crippen molar-refractivity contribution in [3.05, 3.63) is 0 Å². The summed E-state index contributed by atoms with van der Waals surface area (Å²) in [5.41, 5.74) is 1.16. The van der Waals surface area contributed by atoms with Crippen LogP contribution < -0.4 is 0 Å². The van der Waals surface area contributed by atoms with Gasteiger partial charge in [-0.2, -0.15) is 0 Å². The van der Waals surface area contributed by atoms with Crippen LogP contribution in [0, 0.1) is 52.3 Å². The van der Waals surface area contributed by atoms with Crippen molar-refractivity contribution >= 4 is 0 Å². The summed E-state index contributed by atoms with van der Waals surface area (Å²) in [6.07, 6.45) is 17.4. The van der Waals surface area contributed by atoms with Crippen molar-refractivity contribution in [1.82, 2.24) is 0 Å². The second kappa shape index (κ2) is 9.65. The highest BCUT2D eigenvalue weighted by atomic mass is 16.5. The molecular weight excluding hydrogens is 380 g/mol. The van der Waals surface area contributed by atoms with Gasteiger partial charge in [-0.3, -0.25) is 0 Å². The van der Waals surface area contributed by atoms with Crippen LogP contribution in [0.1, 0.15) is 112 Å². The van der Waals surface area contributed by atoms with E-state index in [2.05, 4.69) is 34.6 Å². The van der Waals surface area contributed by atoms with E-state index in [0.717, 1.165) is 41.4 Å². The van der Waals surface area contributed by atoms with Gasteiger partial charge in [-0.1, -0.05) is 53.9 Å². The van der Waals surface area contributed by atoms with Crippen LogP contribution in [0.5, 0.6) is 0 Å². The number of fused-ring (bicyclic) bond motifs is 5. The topological polar surface area (TPSA) is 29.5 Å². The fourth-order valence-corrected chi connectivity index (χ4v) is 9.61. The summed E-state index contributed by atoms with van der Waals surface area (Å²) in [5.74, 6) is 6.53. The van der Waals surface area contributed by atoms with Crippen LogP contribution in [0.2, 0.25) is 0 Å². The lowest BCUT2D eigenvalue weighted by Gasteiger charge is -2.61. The smallest absolute Gasteiger partial charge is 0.0701 e. The highest BCUT2D eigenvalue weighted by Gasteiger charge is 2.60. The largest absolute Gasteiger partial charge is 0.394 e. The molecule has 4 aliphatic carbocycles. The van der Waals surface area contributed by atoms with Gasteiger partial charge in [0.05, 0.1) is 19.3 Å². The molecule has 180 valence electrons. The summed E-state index contributed by atoms with van der Waals surface area (Å²) in [6, 6.07) is 0. The molecule has 0 aromatic rings. The molecule has 31 heavy (non-hydrogen) atoms. The highest BCUT2D eigenvalue weighted by Crippen LogP contribution is 2.68. The van der Waals surface area contributed by atoms with Crippen LogP contribution in [0.25, 0.3) is 0 Å². The number of hydrogen-bond acceptors (Lipinski definition) is 2. The molecule has 0 spiro atoms. The number of rotatable bonds is 8. The summed E-state index contributed by atoms with van der Waals surface area (Å²) < 4.78 is 5.98. The Morgan fingerprint density at radius 1 is 0.871 bits per heavy atom. The second-order valence-corrected chi connectivity index (χ2v) is 13.2. The number of hydrogen-bond donors (Lipinski definition) is 1. The average Bonchev–Trinajstić information content (AvgIpc) is 3.09. The molecule has 0 saturated heterocycles. The minimum atomic E-state index is 0.167. The zero-order valence-corrected chi connectivity index (χ0v) is 21.4. The summed E-state index contributed by atoms with van der Waals surface area (Å²) in [6.45, 7) is 13.4. The molecule has 9 atom stereocenters. The van der Waals surface area contributed by atoms with Crippen molar-refractivity contribution in [2.75, 3.05) is 13.2 Å². The van der Waals surface area contributed by atoms with Gasteiger partial charge < -0.3 is 9.84 Å². The maximum Gasteiger partial charge on any atom is 0.0701 e. The van der Waals surface area contributed by atoms with Gasteiger partial charge in [-0.15, -0.1) is 0 Å². The molecule has 2 nitrogen and oxygen atoms in total. The quantitative estimate of drug-likeness (QED) is 0.430. The Labute approximate surface area is 193 Å². The Bertz CT molecular complexity index is 587. The molecule has 1 N–H and O–H groups in total. The number of aliphatic hydroxyl groups is 1. The number of ether oxygens (including phenoxy) is 1. The average molecular weight is 433 g/mol. The summed E-state index contributed by atoms with van der Waals surface area (Å²) in [5, 5.41) is 9.15. The molecule has 4 saturated carbocycles. The van der Waals surface area contributed by atoms with Crippen LogP contribution >= 0.6 is 0 Å². The Balaban J connectivity index is 1.41. The van der Waals surface area contributed by atoms with E-state index < -0.39 is 0 Å². The first-order chi connectivity index (χ1) is 14.8. The third kappa shape index (κ3) is 4.51. The van der Waals surface area contributed by atoms with Gasteiger partial charge in [0.1, 0.15) is 0 Å². The van der Waals surface area contributed by atoms with E-state index in [1.165, 1.54) is 77.0 Å². The zero-order valence-electron chi connectivity index (χ0n) is 21.4. The van der Waals surface area contributed by atoms with E-state index in [1.54, 1.807) is 0 Å². The first kappa shape index (κ1) is 24.1. The van der Waals surface area contributed by atoms with Crippen LogP contribution in [-0.2, 0) is 4.74 Å². The Morgan fingerprint density at radius 2 is 1.61 bits per heavy atom. The van der Waals surface area contributed by atoms with Crippen molar-refractivity contribution in [2.24, 2.45) is 52.3 Å². The summed E-state index contributed by atoms with van der Waals surface area (Å²) >= 11 is 0. The molecule has 0 amide bonds. The Hall–Kier alpha value is -0.0800. The lowest BCUT2D eigenvalue weighted by Crippen LogP contribution is -2.54.